The number of carbonyl (C=O) groups is 1. The van der Waals surface area contributed by atoms with Gasteiger partial charge in [-0.15, -0.1) is 0 Å². The van der Waals surface area contributed by atoms with Crippen molar-refractivity contribution in [2.75, 3.05) is 20.1 Å². The highest BCUT2D eigenvalue weighted by molar-refractivity contribution is 5.77. The average Bonchev–Trinajstić information content (AvgIpc) is 2.36. The molecule has 17 heavy (non-hydrogen) atoms. The monoisotopic (exact) mass is 234 g/mol. The lowest BCUT2D eigenvalue weighted by Gasteiger charge is -2.24. The van der Waals surface area contributed by atoms with Gasteiger partial charge in [-0.2, -0.15) is 0 Å². The molecule has 94 valence electrons. The molecule has 0 saturated heterocycles. The molecule has 1 atom stereocenters. The Morgan fingerprint density at radius 1 is 1.35 bits per heavy atom. The SMILES string of the molecule is CCCNC(=O)CN(C)C(C)c1ccccc1. The number of rotatable bonds is 6. The smallest absolute Gasteiger partial charge is 0.234 e. The van der Waals surface area contributed by atoms with E-state index in [2.05, 4.69) is 36.2 Å². The summed E-state index contributed by atoms with van der Waals surface area (Å²) in [6.45, 7) is 5.36. The third kappa shape index (κ3) is 4.57. The highest BCUT2D eigenvalue weighted by Crippen LogP contribution is 2.17. The Morgan fingerprint density at radius 3 is 2.59 bits per heavy atom. The lowest BCUT2D eigenvalue weighted by Crippen LogP contribution is -2.36. The summed E-state index contributed by atoms with van der Waals surface area (Å²) in [5.74, 6) is 0.0946. The molecule has 1 amide bonds. The van der Waals surface area contributed by atoms with Gasteiger partial charge < -0.3 is 5.32 Å². The Morgan fingerprint density at radius 2 is 2.00 bits per heavy atom. The van der Waals surface area contributed by atoms with Crippen molar-refractivity contribution in [1.82, 2.24) is 10.2 Å². The van der Waals surface area contributed by atoms with Gasteiger partial charge in [0, 0.05) is 12.6 Å². The van der Waals surface area contributed by atoms with Gasteiger partial charge in [0.25, 0.3) is 0 Å². The molecule has 3 nitrogen and oxygen atoms in total. The number of hydrogen-bond acceptors (Lipinski definition) is 2. The van der Waals surface area contributed by atoms with Gasteiger partial charge in [-0.1, -0.05) is 37.3 Å². The van der Waals surface area contributed by atoms with Gasteiger partial charge in [0.15, 0.2) is 0 Å². The Labute approximate surface area is 104 Å². The van der Waals surface area contributed by atoms with Crippen LogP contribution in [0.3, 0.4) is 0 Å². The first-order chi connectivity index (χ1) is 8.15. The van der Waals surface area contributed by atoms with Crippen LogP contribution in [0.2, 0.25) is 0 Å². The molecule has 1 N–H and O–H groups in total. The molecule has 0 aliphatic carbocycles. The van der Waals surface area contributed by atoms with E-state index in [0.29, 0.717) is 6.54 Å². The van der Waals surface area contributed by atoms with Crippen molar-refractivity contribution in [3.05, 3.63) is 35.9 Å². The zero-order valence-electron chi connectivity index (χ0n) is 10.9. The number of benzene rings is 1. The van der Waals surface area contributed by atoms with Crippen LogP contribution >= 0.6 is 0 Å². The topological polar surface area (TPSA) is 32.3 Å². The zero-order chi connectivity index (χ0) is 12.7. The Balaban J connectivity index is 2.47. The van der Waals surface area contributed by atoms with Crippen LogP contribution in [0.1, 0.15) is 31.9 Å². The quantitative estimate of drug-likeness (QED) is 0.818. The second-order valence-electron chi connectivity index (χ2n) is 4.35. The minimum Gasteiger partial charge on any atom is -0.355 e. The molecule has 0 aliphatic rings. The van der Waals surface area contributed by atoms with E-state index in [1.807, 2.05) is 25.2 Å². The molecule has 0 bridgehead atoms. The minimum atomic E-state index is 0.0946. The summed E-state index contributed by atoms with van der Waals surface area (Å²) in [6, 6.07) is 10.5. The summed E-state index contributed by atoms with van der Waals surface area (Å²) in [4.78, 5) is 13.7. The summed E-state index contributed by atoms with van der Waals surface area (Å²) in [7, 11) is 1.98. The number of hydrogen-bond donors (Lipinski definition) is 1. The normalized spacial score (nSPS) is 12.5. The number of nitrogens with zero attached hydrogens (tertiary/aromatic N) is 1. The van der Waals surface area contributed by atoms with E-state index >= 15 is 0 Å². The van der Waals surface area contributed by atoms with Gasteiger partial charge in [0.05, 0.1) is 6.54 Å². The predicted molar refractivity (Wildman–Crippen MR) is 70.8 cm³/mol. The van der Waals surface area contributed by atoms with Crippen molar-refractivity contribution in [3.8, 4) is 0 Å². The molecule has 1 rings (SSSR count). The van der Waals surface area contributed by atoms with E-state index < -0.39 is 0 Å². The van der Waals surface area contributed by atoms with Gasteiger partial charge in [-0.25, -0.2) is 0 Å². The van der Waals surface area contributed by atoms with Gasteiger partial charge in [-0.05, 0) is 26.0 Å². The first kappa shape index (κ1) is 13.7. The molecule has 1 aromatic rings. The van der Waals surface area contributed by atoms with Crippen molar-refractivity contribution in [2.24, 2.45) is 0 Å². The molecule has 0 heterocycles. The fourth-order valence-corrected chi connectivity index (χ4v) is 1.67. The summed E-state index contributed by atoms with van der Waals surface area (Å²) >= 11 is 0. The van der Waals surface area contributed by atoms with Crippen LogP contribution in [-0.4, -0.2) is 30.9 Å². The molecule has 1 unspecified atom stereocenters. The highest BCUT2D eigenvalue weighted by Gasteiger charge is 2.13. The number of amides is 1. The van der Waals surface area contributed by atoms with Crippen LogP contribution in [0.25, 0.3) is 0 Å². The van der Waals surface area contributed by atoms with Crippen molar-refractivity contribution in [3.63, 3.8) is 0 Å². The molecule has 1 aromatic carbocycles. The van der Waals surface area contributed by atoms with E-state index in [-0.39, 0.29) is 11.9 Å². The van der Waals surface area contributed by atoms with Crippen molar-refractivity contribution in [2.45, 2.75) is 26.3 Å². The van der Waals surface area contributed by atoms with Crippen LogP contribution < -0.4 is 5.32 Å². The van der Waals surface area contributed by atoms with E-state index in [1.54, 1.807) is 0 Å². The van der Waals surface area contributed by atoms with Crippen LogP contribution in [0.5, 0.6) is 0 Å². The van der Waals surface area contributed by atoms with Gasteiger partial charge in [0.2, 0.25) is 5.91 Å². The van der Waals surface area contributed by atoms with E-state index in [1.165, 1.54) is 5.56 Å². The molecule has 0 radical (unpaired) electrons. The summed E-state index contributed by atoms with van der Waals surface area (Å²) in [5, 5.41) is 2.89. The standard InChI is InChI=1S/C14H22N2O/c1-4-10-15-14(17)11-16(3)12(2)13-8-6-5-7-9-13/h5-9,12H,4,10-11H2,1-3H3,(H,15,17). The Bertz CT molecular complexity index is 337. The first-order valence-corrected chi connectivity index (χ1v) is 6.17. The fourth-order valence-electron chi connectivity index (χ4n) is 1.67. The molecule has 0 saturated carbocycles. The summed E-state index contributed by atoms with van der Waals surface area (Å²) in [5.41, 5.74) is 1.23. The maximum atomic E-state index is 11.6. The van der Waals surface area contributed by atoms with Crippen LogP contribution in [0.4, 0.5) is 0 Å². The highest BCUT2D eigenvalue weighted by atomic mass is 16.2. The predicted octanol–water partition coefficient (Wildman–Crippen LogP) is 2.21. The lowest BCUT2D eigenvalue weighted by molar-refractivity contribution is -0.122. The maximum absolute atomic E-state index is 11.6. The zero-order valence-corrected chi connectivity index (χ0v) is 10.9. The lowest BCUT2D eigenvalue weighted by atomic mass is 10.1. The Hall–Kier alpha value is -1.35. The Kier molecular flexibility index (Phi) is 5.70. The largest absolute Gasteiger partial charge is 0.355 e. The van der Waals surface area contributed by atoms with Crippen LogP contribution in [0, 0.1) is 0 Å². The van der Waals surface area contributed by atoms with Crippen molar-refractivity contribution in [1.29, 1.82) is 0 Å². The number of nitrogens with one attached hydrogen (secondary N) is 1. The van der Waals surface area contributed by atoms with Gasteiger partial charge in [0.1, 0.15) is 0 Å². The second kappa shape index (κ2) is 7.07. The third-order valence-electron chi connectivity index (χ3n) is 2.91. The summed E-state index contributed by atoms with van der Waals surface area (Å²) < 4.78 is 0. The molecular weight excluding hydrogens is 212 g/mol. The van der Waals surface area contributed by atoms with Gasteiger partial charge >= 0.3 is 0 Å². The summed E-state index contributed by atoms with van der Waals surface area (Å²) in [6.07, 6.45) is 0.976. The minimum absolute atomic E-state index is 0.0946. The van der Waals surface area contributed by atoms with E-state index in [4.69, 9.17) is 0 Å². The number of carbonyl (C=O) groups excluding carboxylic acids is 1. The number of likely N-dealkylation sites (N-methyl/N-ethyl adjacent to an activating group) is 1. The molecule has 0 fully saturated rings. The van der Waals surface area contributed by atoms with Gasteiger partial charge in [-0.3, -0.25) is 9.69 Å². The van der Waals surface area contributed by atoms with Crippen molar-refractivity contribution >= 4 is 5.91 Å². The second-order valence-corrected chi connectivity index (χ2v) is 4.35. The molecule has 3 heteroatoms. The molecule has 0 aliphatic heterocycles. The fraction of sp³-hybridized carbons (Fsp3) is 0.500. The van der Waals surface area contributed by atoms with E-state index in [9.17, 15) is 4.79 Å². The van der Waals surface area contributed by atoms with E-state index in [0.717, 1.165) is 13.0 Å². The van der Waals surface area contributed by atoms with Crippen molar-refractivity contribution < 1.29 is 4.79 Å². The third-order valence-corrected chi connectivity index (χ3v) is 2.91. The molecular formula is C14H22N2O. The first-order valence-electron chi connectivity index (χ1n) is 6.17. The maximum Gasteiger partial charge on any atom is 0.234 e. The van der Waals surface area contributed by atoms with Crippen LogP contribution in [-0.2, 0) is 4.79 Å². The average molecular weight is 234 g/mol. The molecule has 0 aromatic heterocycles. The molecule has 0 spiro atoms. The van der Waals surface area contributed by atoms with Crippen LogP contribution in [0.15, 0.2) is 30.3 Å².